The first-order chi connectivity index (χ1) is 14.0. The number of pyridine rings is 1. The van der Waals surface area contributed by atoms with Gasteiger partial charge < -0.3 is 16.0 Å². The smallest absolute Gasteiger partial charge is 0.227 e. The van der Waals surface area contributed by atoms with Crippen molar-refractivity contribution in [3.63, 3.8) is 0 Å². The number of carbonyl (C=O) groups is 3. The second kappa shape index (κ2) is 9.82. The van der Waals surface area contributed by atoms with Crippen molar-refractivity contribution in [1.82, 2.24) is 10.3 Å². The van der Waals surface area contributed by atoms with Gasteiger partial charge in [0.1, 0.15) is 0 Å². The molecule has 3 amide bonds. The Hall–Kier alpha value is -3.22. The molecule has 3 rings (SSSR count). The molecule has 1 aromatic heterocycles. The van der Waals surface area contributed by atoms with Crippen molar-refractivity contribution in [3.05, 3.63) is 54.4 Å². The summed E-state index contributed by atoms with van der Waals surface area (Å²) in [7, 11) is 0. The summed E-state index contributed by atoms with van der Waals surface area (Å²) in [5.74, 6) is -0.254. The third-order valence-electron chi connectivity index (χ3n) is 5.13. The molecule has 1 aliphatic carbocycles. The fourth-order valence-electron chi connectivity index (χ4n) is 3.54. The molecule has 3 N–H and O–H groups in total. The molecule has 1 aromatic carbocycles. The number of aromatic nitrogens is 1. The Morgan fingerprint density at radius 2 is 1.48 bits per heavy atom. The minimum Gasteiger partial charge on any atom is -0.352 e. The molecule has 0 radical (unpaired) electrons. The van der Waals surface area contributed by atoms with Gasteiger partial charge in [0, 0.05) is 49.1 Å². The molecule has 152 valence electrons. The molecule has 0 atom stereocenters. The van der Waals surface area contributed by atoms with Crippen molar-refractivity contribution < 1.29 is 14.4 Å². The lowest BCUT2D eigenvalue weighted by atomic mass is 9.81. The Labute approximate surface area is 170 Å². The maximum absolute atomic E-state index is 12.5. The van der Waals surface area contributed by atoms with Gasteiger partial charge in [-0.3, -0.25) is 19.4 Å². The van der Waals surface area contributed by atoms with Crippen LogP contribution in [-0.4, -0.2) is 22.7 Å². The van der Waals surface area contributed by atoms with Crippen LogP contribution in [0.1, 0.15) is 38.2 Å². The highest BCUT2D eigenvalue weighted by Crippen LogP contribution is 2.30. The largest absolute Gasteiger partial charge is 0.352 e. The summed E-state index contributed by atoms with van der Waals surface area (Å²) < 4.78 is 0. The van der Waals surface area contributed by atoms with Gasteiger partial charge >= 0.3 is 0 Å². The van der Waals surface area contributed by atoms with Crippen molar-refractivity contribution >= 4 is 29.1 Å². The Bertz CT molecular complexity index is 844. The molecule has 0 bridgehead atoms. The highest BCUT2D eigenvalue weighted by molar-refractivity contribution is 5.93. The molecular weight excluding hydrogens is 368 g/mol. The van der Waals surface area contributed by atoms with E-state index in [0.29, 0.717) is 43.6 Å². The molecule has 0 aliphatic heterocycles. The van der Waals surface area contributed by atoms with Crippen LogP contribution in [0.15, 0.2) is 48.8 Å². The van der Waals surface area contributed by atoms with Crippen molar-refractivity contribution in [2.45, 2.75) is 39.2 Å². The maximum Gasteiger partial charge on any atom is 0.227 e. The molecule has 1 heterocycles. The van der Waals surface area contributed by atoms with Crippen LogP contribution < -0.4 is 16.0 Å². The standard InChI is InChI=1S/C22H26N4O3/c1-15(27)25-19-8-10-20(11-9-19)26-22(29)18-6-4-17(5-7-18)21(28)24-14-16-3-2-12-23-13-16/h2-3,8-13,17-18H,4-7,14H2,1H3,(H,24,28)(H,25,27)(H,26,29). The molecule has 29 heavy (non-hydrogen) atoms. The average Bonchev–Trinajstić information content (AvgIpc) is 2.74. The first kappa shape index (κ1) is 20.5. The Kier molecular flexibility index (Phi) is 6.94. The van der Waals surface area contributed by atoms with Crippen molar-refractivity contribution in [2.75, 3.05) is 10.6 Å². The van der Waals surface area contributed by atoms with Gasteiger partial charge in [-0.25, -0.2) is 0 Å². The number of hydrogen-bond donors (Lipinski definition) is 3. The lowest BCUT2D eigenvalue weighted by molar-refractivity contribution is -0.128. The van der Waals surface area contributed by atoms with Gasteiger partial charge in [-0.1, -0.05) is 6.07 Å². The summed E-state index contributed by atoms with van der Waals surface area (Å²) >= 11 is 0. The van der Waals surface area contributed by atoms with Crippen LogP contribution in [-0.2, 0) is 20.9 Å². The fraction of sp³-hybridized carbons (Fsp3) is 0.364. The third kappa shape index (κ3) is 6.14. The Morgan fingerprint density at radius 3 is 2.03 bits per heavy atom. The van der Waals surface area contributed by atoms with Gasteiger partial charge in [0.25, 0.3) is 0 Å². The number of nitrogens with one attached hydrogen (secondary N) is 3. The summed E-state index contributed by atoms with van der Waals surface area (Å²) in [6.07, 6.45) is 6.25. The number of rotatable bonds is 6. The van der Waals surface area contributed by atoms with Crippen LogP contribution >= 0.6 is 0 Å². The minimum absolute atomic E-state index is 0.0218. The molecule has 7 heteroatoms. The van der Waals surface area contributed by atoms with E-state index in [1.807, 2.05) is 12.1 Å². The van der Waals surface area contributed by atoms with Crippen LogP contribution in [0, 0.1) is 11.8 Å². The summed E-state index contributed by atoms with van der Waals surface area (Å²) in [5.41, 5.74) is 2.35. The molecule has 2 aromatic rings. The first-order valence-electron chi connectivity index (χ1n) is 9.86. The number of benzene rings is 1. The zero-order valence-corrected chi connectivity index (χ0v) is 16.5. The Morgan fingerprint density at radius 1 is 0.897 bits per heavy atom. The van der Waals surface area contributed by atoms with E-state index in [2.05, 4.69) is 20.9 Å². The number of carbonyl (C=O) groups excluding carboxylic acids is 3. The quantitative estimate of drug-likeness (QED) is 0.701. The predicted octanol–water partition coefficient (Wildman–Crippen LogP) is 3.10. The number of nitrogens with zero attached hydrogens (tertiary/aromatic N) is 1. The van der Waals surface area contributed by atoms with E-state index in [-0.39, 0.29) is 29.6 Å². The predicted molar refractivity (Wildman–Crippen MR) is 111 cm³/mol. The monoisotopic (exact) mass is 394 g/mol. The second-order valence-electron chi connectivity index (χ2n) is 7.38. The zero-order chi connectivity index (χ0) is 20.6. The van der Waals surface area contributed by atoms with Gasteiger partial charge in [-0.15, -0.1) is 0 Å². The van der Waals surface area contributed by atoms with Gasteiger partial charge in [0.15, 0.2) is 0 Å². The van der Waals surface area contributed by atoms with E-state index in [1.54, 1.807) is 36.7 Å². The van der Waals surface area contributed by atoms with Crippen molar-refractivity contribution in [1.29, 1.82) is 0 Å². The second-order valence-corrected chi connectivity index (χ2v) is 7.38. The Balaban J connectivity index is 1.43. The van der Waals surface area contributed by atoms with Gasteiger partial charge in [0.05, 0.1) is 0 Å². The molecule has 1 fully saturated rings. The molecular formula is C22H26N4O3. The molecule has 1 aliphatic rings. The topological polar surface area (TPSA) is 100 Å². The number of hydrogen-bond acceptors (Lipinski definition) is 4. The van der Waals surface area contributed by atoms with Crippen LogP contribution in [0.2, 0.25) is 0 Å². The molecule has 0 unspecified atom stereocenters. The van der Waals surface area contributed by atoms with E-state index < -0.39 is 0 Å². The van der Waals surface area contributed by atoms with Gasteiger partial charge in [-0.2, -0.15) is 0 Å². The average molecular weight is 394 g/mol. The zero-order valence-electron chi connectivity index (χ0n) is 16.5. The van der Waals surface area contributed by atoms with E-state index in [9.17, 15) is 14.4 Å². The van der Waals surface area contributed by atoms with E-state index in [0.717, 1.165) is 5.56 Å². The highest BCUT2D eigenvalue weighted by atomic mass is 16.2. The van der Waals surface area contributed by atoms with Crippen LogP contribution in [0.25, 0.3) is 0 Å². The SMILES string of the molecule is CC(=O)Nc1ccc(NC(=O)C2CCC(C(=O)NCc3cccnc3)CC2)cc1. The third-order valence-corrected chi connectivity index (χ3v) is 5.13. The summed E-state index contributed by atoms with van der Waals surface area (Å²) in [6.45, 7) is 1.92. The van der Waals surface area contributed by atoms with Gasteiger partial charge in [-0.05, 0) is 61.6 Å². The summed E-state index contributed by atoms with van der Waals surface area (Å²) in [6, 6.07) is 10.8. The minimum atomic E-state index is -0.136. The lowest BCUT2D eigenvalue weighted by Crippen LogP contribution is -2.35. The van der Waals surface area contributed by atoms with E-state index in [4.69, 9.17) is 0 Å². The first-order valence-corrected chi connectivity index (χ1v) is 9.86. The lowest BCUT2D eigenvalue weighted by Gasteiger charge is -2.27. The fourth-order valence-corrected chi connectivity index (χ4v) is 3.54. The van der Waals surface area contributed by atoms with Crippen LogP contribution in [0.5, 0.6) is 0 Å². The molecule has 7 nitrogen and oxygen atoms in total. The van der Waals surface area contributed by atoms with Crippen LogP contribution in [0.3, 0.4) is 0 Å². The maximum atomic E-state index is 12.5. The summed E-state index contributed by atoms with van der Waals surface area (Å²) in [5, 5.41) is 8.58. The molecule has 0 saturated heterocycles. The van der Waals surface area contributed by atoms with Gasteiger partial charge in [0.2, 0.25) is 17.7 Å². The van der Waals surface area contributed by atoms with E-state index >= 15 is 0 Å². The van der Waals surface area contributed by atoms with E-state index in [1.165, 1.54) is 6.92 Å². The summed E-state index contributed by atoms with van der Waals surface area (Å²) in [4.78, 5) is 40.0. The number of anilines is 2. The van der Waals surface area contributed by atoms with Crippen molar-refractivity contribution in [2.24, 2.45) is 11.8 Å². The number of amides is 3. The molecule has 0 spiro atoms. The molecule has 1 saturated carbocycles. The van der Waals surface area contributed by atoms with Crippen molar-refractivity contribution in [3.8, 4) is 0 Å². The van der Waals surface area contributed by atoms with Crippen LogP contribution in [0.4, 0.5) is 11.4 Å². The normalized spacial score (nSPS) is 18.5. The highest BCUT2D eigenvalue weighted by Gasteiger charge is 2.29.